The van der Waals surface area contributed by atoms with Crippen molar-refractivity contribution in [2.24, 2.45) is 5.73 Å². The molecule has 1 amide bonds. The van der Waals surface area contributed by atoms with Gasteiger partial charge in [-0.1, -0.05) is 54.4 Å². The van der Waals surface area contributed by atoms with E-state index in [9.17, 15) is 14.7 Å². The number of primary amides is 1. The number of carbonyl (C=O) groups excluding carboxylic acids is 2. The van der Waals surface area contributed by atoms with Crippen molar-refractivity contribution in [3.05, 3.63) is 62.9 Å². The highest BCUT2D eigenvalue weighted by atomic mass is 35.5. The van der Waals surface area contributed by atoms with E-state index in [1.54, 1.807) is 38.1 Å². The van der Waals surface area contributed by atoms with Crippen LogP contribution in [0.15, 0.2) is 30.3 Å². The average molecular weight is 425 g/mol. The zero-order chi connectivity index (χ0) is 21.1. The lowest BCUT2D eigenvalue weighted by Gasteiger charge is -2.23. The van der Waals surface area contributed by atoms with Gasteiger partial charge in [-0.2, -0.15) is 0 Å². The van der Waals surface area contributed by atoms with Gasteiger partial charge in [0.2, 0.25) is 5.91 Å². The molecule has 28 heavy (non-hydrogen) atoms. The number of nitrogens with zero attached hydrogens (tertiary/aromatic N) is 1. The number of pyridine rings is 1. The second kappa shape index (κ2) is 8.90. The Kier molecular flexibility index (Phi) is 7.04. The van der Waals surface area contributed by atoms with Crippen molar-refractivity contribution in [1.29, 1.82) is 0 Å². The Hall–Kier alpha value is -2.15. The smallest absolute Gasteiger partial charge is 0.341 e. The number of aliphatic hydroxyl groups excluding tert-OH is 1. The van der Waals surface area contributed by atoms with E-state index in [1.807, 2.05) is 6.92 Å². The molecule has 1 atom stereocenters. The molecule has 0 saturated carbocycles. The third-order valence-electron chi connectivity index (χ3n) is 4.37. The maximum absolute atomic E-state index is 12.4. The van der Waals surface area contributed by atoms with E-state index in [4.69, 9.17) is 33.7 Å². The lowest BCUT2D eigenvalue weighted by molar-refractivity contribution is -0.117. The molecule has 0 aliphatic rings. The summed E-state index contributed by atoms with van der Waals surface area (Å²) in [6.07, 6.45) is -0.683. The number of hydrogen-bond acceptors (Lipinski definition) is 5. The molecule has 0 aliphatic heterocycles. The van der Waals surface area contributed by atoms with Gasteiger partial charge in [-0.25, -0.2) is 9.78 Å². The molecule has 2 aromatic rings. The number of aliphatic hydroxyl groups is 1. The van der Waals surface area contributed by atoms with E-state index < -0.39 is 23.6 Å². The van der Waals surface area contributed by atoms with E-state index in [-0.39, 0.29) is 27.9 Å². The van der Waals surface area contributed by atoms with Gasteiger partial charge in [-0.3, -0.25) is 4.79 Å². The van der Waals surface area contributed by atoms with Crippen LogP contribution in [0.25, 0.3) is 0 Å². The molecular formula is C20H22Cl2N2O4. The van der Waals surface area contributed by atoms with Crippen LogP contribution in [0.5, 0.6) is 0 Å². The largest absolute Gasteiger partial charge is 0.456 e. The number of benzene rings is 1. The number of carbonyl (C=O) groups is 2. The summed E-state index contributed by atoms with van der Waals surface area (Å²) in [5.74, 6) is -1.19. The number of rotatable bonds is 7. The first-order valence-electron chi connectivity index (χ1n) is 8.69. The fraction of sp³-hybridized carbons (Fsp3) is 0.350. The lowest BCUT2D eigenvalue weighted by Crippen LogP contribution is -2.27. The van der Waals surface area contributed by atoms with E-state index in [2.05, 4.69) is 4.98 Å². The van der Waals surface area contributed by atoms with Gasteiger partial charge in [0.1, 0.15) is 16.9 Å². The van der Waals surface area contributed by atoms with E-state index in [0.29, 0.717) is 17.5 Å². The van der Waals surface area contributed by atoms with Gasteiger partial charge in [0.25, 0.3) is 0 Å². The number of nitrogens with two attached hydrogens (primary N) is 1. The van der Waals surface area contributed by atoms with Crippen LogP contribution < -0.4 is 5.73 Å². The Balaban J connectivity index is 2.40. The first-order chi connectivity index (χ1) is 13.1. The van der Waals surface area contributed by atoms with E-state index in [1.165, 1.54) is 6.07 Å². The molecule has 1 unspecified atom stereocenters. The number of ether oxygens (including phenoxy) is 1. The Bertz CT molecular complexity index is 900. The van der Waals surface area contributed by atoms with Crippen LogP contribution in [-0.4, -0.2) is 27.6 Å². The minimum Gasteiger partial charge on any atom is -0.456 e. The average Bonchev–Trinajstić information content (AvgIpc) is 2.62. The fourth-order valence-electron chi connectivity index (χ4n) is 2.49. The van der Waals surface area contributed by atoms with Gasteiger partial charge in [0, 0.05) is 0 Å². The van der Waals surface area contributed by atoms with Gasteiger partial charge in [0.15, 0.2) is 0 Å². The predicted octanol–water partition coefficient (Wildman–Crippen LogP) is 3.84. The minimum absolute atomic E-state index is 0.00885. The number of aromatic nitrogens is 1. The molecule has 1 aromatic carbocycles. The molecule has 0 saturated heterocycles. The van der Waals surface area contributed by atoms with Crippen LogP contribution in [-0.2, 0) is 16.0 Å². The molecule has 3 N–H and O–H groups in total. The molecule has 1 aromatic heterocycles. The third kappa shape index (κ3) is 5.22. The van der Waals surface area contributed by atoms with Crippen molar-refractivity contribution in [1.82, 2.24) is 4.98 Å². The normalized spacial score (nSPS) is 12.5. The van der Waals surface area contributed by atoms with Gasteiger partial charge in [-0.15, -0.1) is 0 Å². The molecule has 0 fully saturated rings. The molecule has 0 bridgehead atoms. The lowest BCUT2D eigenvalue weighted by atomic mass is 9.97. The first kappa shape index (κ1) is 22.1. The van der Waals surface area contributed by atoms with Crippen LogP contribution in [0, 0.1) is 0 Å². The van der Waals surface area contributed by atoms with Crippen molar-refractivity contribution < 1.29 is 19.4 Å². The molecule has 0 spiro atoms. The van der Waals surface area contributed by atoms with Crippen molar-refractivity contribution in [3.8, 4) is 0 Å². The molecule has 0 aliphatic carbocycles. The topological polar surface area (TPSA) is 103 Å². The van der Waals surface area contributed by atoms with Crippen molar-refractivity contribution in [2.45, 2.75) is 45.3 Å². The summed E-state index contributed by atoms with van der Waals surface area (Å²) in [5, 5.41) is 10.7. The first-order valence-corrected chi connectivity index (χ1v) is 9.44. The maximum atomic E-state index is 12.4. The molecule has 6 nitrogen and oxygen atoms in total. The number of esters is 1. The van der Waals surface area contributed by atoms with Crippen molar-refractivity contribution >= 4 is 35.1 Å². The van der Waals surface area contributed by atoms with Gasteiger partial charge < -0.3 is 15.6 Å². The monoisotopic (exact) mass is 424 g/mol. The number of halogens is 2. The van der Waals surface area contributed by atoms with Gasteiger partial charge >= 0.3 is 5.97 Å². The fourth-order valence-corrected chi connectivity index (χ4v) is 2.97. The van der Waals surface area contributed by atoms with Crippen molar-refractivity contribution in [2.75, 3.05) is 0 Å². The Morgan fingerprint density at radius 2 is 1.93 bits per heavy atom. The minimum atomic E-state index is -1.25. The molecular weight excluding hydrogens is 403 g/mol. The summed E-state index contributed by atoms with van der Waals surface area (Å²) in [6, 6.07) is 8.07. The summed E-state index contributed by atoms with van der Waals surface area (Å²) in [5.41, 5.74) is 5.64. The highest BCUT2D eigenvalue weighted by molar-refractivity contribution is 6.35. The number of amides is 1. The van der Waals surface area contributed by atoms with Crippen LogP contribution in [0.2, 0.25) is 10.2 Å². The Morgan fingerprint density at radius 3 is 2.54 bits per heavy atom. The predicted molar refractivity (Wildman–Crippen MR) is 107 cm³/mol. The second-order valence-electron chi connectivity index (χ2n) is 6.94. The van der Waals surface area contributed by atoms with E-state index >= 15 is 0 Å². The molecule has 2 rings (SSSR count). The highest BCUT2D eigenvalue weighted by Crippen LogP contribution is 2.32. The quantitative estimate of drug-likeness (QED) is 0.518. The van der Waals surface area contributed by atoms with Gasteiger partial charge in [0.05, 0.1) is 22.7 Å². The molecule has 8 heteroatoms. The Morgan fingerprint density at radius 1 is 1.29 bits per heavy atom. The standard InChI is InChI=1S/C20H22Cl2N2O4/c1-4-20(2,3)28-19(27)13-10-14(21)16(24-18(13)22)17(26)12-8-6-5-7-11(12)9-15(23)25/h5-8,10,17,26H,4,9H2,1-3H3,(H2,23,25). The molecule has 150 valence electrons. The van der Waals surface area contributed by atoms with Crippen molar-refractivity contribution in [3.63, 3.8) is 0 Å². The summed E-state index contributed by atoms with van der Waals surface area (Å²) in [6.45, 7) is 5.45. The highest BCUT2D eigenvalue weighted by Gasteiger charge is 2.27. The Labute approximate surface area is 173 Å². The zero-order valence-electron chi connectivity index (χ0n) is 15.8. The molecule has 1 heterocycles. The van der Waals surface area contributed by atoms with Crippen LogP contribution in [0.4, 0.5) is 0 Å². The SMILES string of the molecule is CCC(C)(C)OC(=O)c1cc(Cl)c(C(O)c2ccccc2CC(N)=O)nc1Cl. The third-order valence-corrected chi connectivity index (χ3v) is 4.96. The summed E-state index contributed by atoms with van der Waals surface area (Å²) < 4.78 is 5.42. The van der Waals surface area contributed by atoms with E-state index in [0.717, 1.165) is 0 Å². The molecule has 0 radical (unpaired) electrons. The maximum Gasteiger partial charge on any atom is 0.341 e. The van der Waals surface area contributed by atoms with Crippen LogP contribution >= 0.6 is 23.2 Å². The second-order valence-corrected chi connectivity index (χ2v) is 7.71. The summed E-state index contributed by atoms with van der Waals surface area (Å²) in [7, 11) is 0. The zero-order valence-corrected chi connectivity index (χ0v) is 17.3. The van der Waals surface area contributed by atoms with Crippen LogP contribution in [0.3, 0.4) is 0 Å². The van der Waals surface area contributed by atoms with Crippen LogP contribution in [0.1, 0.15) is 60.5 Å². The summed E-state index contributed by atoms with van der Waals surface area (Å²) in [4.78, 5) is 27.8. The van der Waals surface area contributed by atoms with Gasteiger partial charge in [-0.05, 0) is 37.5 Å². The summed E-state index contributed by atoms with van der Waals surface area (Å²) >= 11 is 12.4. The number of hydrogen-bond donors (Lipinski definition) is 2.